The third kappa shape index (κ3) is 3.06. The van der Waals surface area contributed by atoms with Crippen molar-refractivity contribution in [2.24, 2.45) is 29.2 Å². The van der Waals surface area contributed by atoms with Gasteiger partial charge in [-0.05, 0) is 49.9 Å². The van der Waals surface area contributed by atoms with Gasteiger partial charge in [0.2, 0.25) is 0 Å². The highest BCUT2D eigenvalue weighted by Gasteiger charge is 2.43. The van der Waals surface area contributed by atoms with Crippen molar-refractivity contribution >= 4 is 0 Å². The van der Waals surface area contributed by atoms with Crippen molar-refractivity contribution in [3.8, 4) is 0 Å². The van der Waals surface area contributed by atoms with Crippen LogP contribution in [0, 0.1) is 17.8 Å². The van der Waals surface area contributed by atoms with Gasteiger partial charge in [0.25, 0.3) is 0 Å². The molecule has 3 unspecified atom stereocenters. The lowest BCUT2D eigenvalue weighted by Gasteiger charge is -2.49. The van der Waals surface area contributed by atoms with Crippen LogP contribution < -0.4 is 11.5 Å². The summed E-state index contributed by atoms with van der Waals surface area (Å²) in [5.74, 6) is 2.44. The topological polar surface area (TPSA) is 52.0 Å². The van der Waals surface area contributed by atoms with Gasteiger partial charge in [0.1, 0.15) is 0 Å². The van der Waals surface area contributed by atoms with Gasteiger partial charge in [0.05, 0.1) is 0 Å². The second-order valence-corrected chi connectivity index (χ2v) is 8.04. The van der Waals surface area contributed by atoms with E-state index in [1.54, 1.807) is 0 Å². The van der Waals surface area contributed by atoms with Crippen molar-refractivity contribution < 1.29 is 0 Å². The van der Waals surface area contributed by atoms with Gasteiger partial charge in [0.15, 0.2) is 0 Å². The Morgan fingerprint density at radius 2 is 1.35 bits per heavy atom. The molecule has 0 aromatic heterocycles. The molecule has 0 bridgehead atoms. The number of hydrogen-bond donors (Lipinski definition) is 2. The molecule has 0 saturated heterocycles. The average Bonchev–Trinajstić information content (AvgIpc) is 2.49. The van der Waals surface area contributed by atoms with Crippen LogP contribution in [0.2, 0.25) is 0 Å². The Bertz CT molecular complexity index is 305. The number of rotatable bonds is 2. The Kier molecular flexibility index (Phi) is 4.72. The Morgan fingerprint density at radius 3 is 1.95 bits per heavy atom. The monoisotopic (exact) mass is 278 g/mol. The van der Waals surface area contributed by atoms with Crippen LogP contribution in [0.3, 0.4) is 0 Å². The van der Waals surface area contributed by atoms with Gasteiger partial charge < -0.3 is 11.5 Å². The molecule has 3 aliphatic rings. The summed E-state index contributed by atoms with van der Waals surface area (Å²) < 4.78 is 0. The molecule has 2 nitrogen and oxygen atoms in total. The molecular formula is C18H34N2. The predicted molar refractivity (Wildman–Crippen MR) is 85.4 cm³/mol. The quantitative estimate of drug-likeness (QED) is 0.803. The first-order valence-electron chi connectivity index (χ1n) is 9.23. The number of hydrogen-bond acceptors (Lipinski definition) is 2. The molecule has 0 spiro atoms. The first-order valence-corrected chi connectivity index (χ1v) is 9.23. The summed E-state index contributed by atoms with van der Waals surface area (Å²) in [6.07, 6.45) is 17.7. The number of nitrogens with two attached hydrogens (primary N) is 2. The molecule has 0 radical (unpaired) electrons. The molecule has 0 aromatic rings. The van der Waals surface area contributed by atoms with E-state index in [2.05, 4.69) is 0 Å². The Morgan fingerprint density at radius 1 is 0.750 bits per heavy atom. The van der Waals surface area contributed by atoms with E-state index in [1.807, 2.05) is 0 Å². The van der Waals surface area contributed by atoms with E-state index in [4.69, 9.17) is 11.5 Å². The largest absolute Gasteiger partial charge is 0.327 e. The second kappa shape index (κ2) is 6.36. The molecule has 0 heterocycles. The zero-order chi connectivity index (χ0) is 14.0. The van der Waals surface area contributed by atoms with Crippen LogP contribution >= 0.6 is 0 Å². The van der Waals surface area contributed by atoms with Crippen molar-refractivity contribution in [1.82, 2.24) is 0 Å². The Labute approximate surface area is 125 Å². The van der Waals surface area contributed by atoms with Crippen LogP contribution in [-0.4, -0.2) is 11.6 Å². The molecule has 0 aliphatic heterocycles. The summed E-state index contributed by atoms with van der Waals surface area (Å²) in [5, 5.41) is 0. The van der Waals surface area contributed by atoms with E-state index in [0.29, 0.717) is 6.04 Å². The summed E-state index contributed by atoms with van der Waals surface area (Å²) in [4.78, 5) is 0. The molecule has 0 aromatic carbocycles. The molecule has 3 atom stereocenters. The van der Waals surface area contributed by atoms with Crippen molar-refractivity contribution in [2.45, 2.75) is 95.1 Å². The fraction of sp³-hybridized carbons (Fsp3) is 1.00. The lowest BCUT2D eigenvalue weighted by Crippen LogP contribution is -2.57. The van der Waals surface area contributed by atoms with Gasteiger partial charge >= 0.3 is 0 Å². The second-order valence-electron chi connectivity index (χ2n) is 8.04. The molecular weight excluding hydrogens is 244 g/mol. The van der Waals surface area contributed by atoms with E-state index in [-0.39, 0.29) is 5.54 Å². The summed E-state index contributed by atoms with van der Waals surface area (Å²) >= 11 is 0. The summed E-state index contributed by atoms with van der Waals surface area (Å²) in [5.41, 5.74) is 13.5. The van der Waals surface area contributed by atoms with Gasteiger partial charge in [-0.1, -0.05) is 51.4 Å². The van der Waals surface area contributed by atoms with Crippen molar-refractivity contribution in [2.75, 3.05) is 0 Å². The molecule has 3 fully saturated rings. The highest BCUT2D eigenvalue weighted by molar-refractivity contribution is 5.01. The van der Waals surface area contributed by atoms with Gasteiger partial charge in [-0.3, -0.25) is 0 Å². The van der Waals surface area contributed by atoms with Gasteiger partial charge in [-0.15, -0.1) is 0 Å². The van der Waals surface area contributed by atoms with Crippen LogP contribution in [-0.2, 0) is 0 Å². The van der Waals surface area contributed by atoms with Crippen molar-refractivity contribution in [1.29, 1.82) is 0 Å². The van der Waals surface area contributed by atoms with E-state index < -0.39 is 0 Å². The maximum absolute atomic E-state index is 6.84. The van der Waals surface area contributed by atoms with Gasteiger partial charge in [0, 0.05) is 11.6 Å². The standard InChI is InChI=1S/C18H34N2/c19-17-13-18(20,15-9-5-2-6-10-15)12-11-16(17)14-7-3-1-4-8-14/h14-17H,1-13,19-20H2. The summed E-state index contributed by atoms with van der Waals surface area (Å²) in [7, 11) is 0. The van der Waals surface area contributed by atoms with Crippen LogP contribution in [0.15, 0.2) is 0 Å². The van der Waals surface area contributed by atoms with E-state index >= 15 is 0 Å². The maximum atomic E-state index is 6.84. The normalized spacial score (nSPS) is 41.7. The van der Waals surface area contributed by atoms with Gasteiger partial charge in [-0.25, -0.2) is 0 Å². The maximum Gasteiger partial charge on any atom is 0.0197 e. The first-order chi connectivity index (χ1) is 9.69. The Hall–Kier alpha value is -0.0800. The SMILES string of the molecule is NC1CC(N)(C2CCCCC2)CCC1C1CCCCC1. The molecule has 0 amide bonds. The molecule has 3 aliphatic carbocycles. The van der Waals surface area contributed by atoms with E-state index in [9.17, 15) is 0 Å². The van der Waals surface area contributed by atoms with Crippen LogP contribution in [0.4, 0.5) is 0 Å². The van der Waals surface area contributed by atoms with Gasteiger partial charge in [-0.2, -0.15) is 0 Å². The lowest BCUT2D eigenvalue weighted by atomic mass is 9.61. The highest BCUT2D eigenvalue weighted by atomic mass is 14.8. The molecule has 2 heteroatoms. The smallest absolute Gasteiger partial charge is 0.0197 e. The average molecular weight is 278 g/mol. The molecule has 3 saturated carbocycles. The third-order valence-corrected chi connectivity index (χ3v) is 6.78. The Balaban J connectivity index is 1.60. The minimum Gasteiger partial charge on any atom is -0.327 e. The zero-order valence-electron chi connectivity index (χ0n) is 13.2. The van der Waals surface area contributed by atoms with Crippen molar-refractivity contribution in [3.05, 3.63) is 0 Å². The van der Waals surface area contributed by atoms with Crippen LogP contribution in [0.5, 0.6) is 0 Å². The fourth-order valence-corrected chi connectivity index (χ4v) is 5.54. The van der Waals surface area contributed by atoms with E-state index in [0.717, 1.165) is 24.2 Å². The molecule has 3 rings (SSSR count). The fourth-order valence-electron chi connectivity index (χ4n) is 5.54. The van der Waals surface area contributed by atoms with Crippen LogP contribution in [0.25, 0.3) is 0 Å². The molecule has 116 valence electrons. The lowest BCUT2D eigenvalue weighted by molar-refractivity contribution is 0.0797. The highest BCUT2D eigenvalue weighted by Crippen LogP contribution is 2.45. The van der Waals surface area contributed by atoms with E-state index in [1.165, 1.54) is 77.0 Å². The summed E-state index contributed by atoms with van der Waals surface area (Å²) in [6.45, 7) is 0. The first kappa shape index (κ1) is 14.8. The zero-order valence-corrected chi connectivity index (χ0v) is 13.2. The van der Waals surface area contributed by atoms with Crippen LogP contribution in [0.1, 0.15) is 83.5 Å². The van der Waals surface area contributed by atoms with Crippen molar-refractivity contribution in [3.63, 3.8) is 0 Å². The molecule has 20 heavy (non-hydrogen) atoms. The predicted octanol–water partition coefficient (Wildman–Crippen LogP) is 3.97. The third-order valence-electron chi connectivity index (χ3n) is 6.78. The minimum atomic E-state index is 0.0744. The minimum absolute atomic E-state index is 0.0744. The summed E-state index contributed by atoms with van der Waals surface area (Å²) in [6, 6.07) is 0.374. The molecule has 4 N–H and O–H groups in total.